The van der Waals surface area contributed by atoms with Crippen LogP contribution in [0.15, 0.2) is 60.9 Å². The summed E-state index contributed by atoms with van der Waals surface area (Å²) in [6.45, 7) is 1.63. The molecule has 3 aromatic rings. The van der Waals surface area contributed by atoms with Gasteiger partial charge in [-0.3, -0.25) is 4.79 Å². The van der Waals surface area contributed by atoms with Gasteiger partial charge in [-0.25, -0.2) is 9.37 Å². The third kappa shape index (κ3) is 4.46. The predicted octanol–water partition coefficient (Wildman–Crippen LogP) is 3.89. The van der Waals surface area contributed by atoms with E-state index in [-0.39, 0.29) is 5.91 Å². The number of nitrogens with zero attached hydrogens (tertiary/aromatic N) is 2. The van der Waals surface area contributed by atoms with Gasteiger partial charge in [-0.1, -0.05) is 29.8 Å². The summed E-state index contributed by atoms with van der Waals surface area (Å²) in [6.07, 6.45) is 2.55. The molecular weight excluding hydrogens is 369 g/mol. The van der Waals surface area contributed by atoms with E-state index in [1.54, 1.807) is 73.4 Å². The highest BCUT2D eigenvalue weighted by Crippen LogP contribution is 2.24. The third-order valence-corrected chi connectivity index (χ3v) is 4.37. The second-order valence-electron chi connectivity index (χ2n) is 6.07. The minimum absolute atomic E-state index is 0.332. The minimum atomic E-state index is -0.791. The number of aromatic nitrogens is 2. The Morgan fingerprint density at radius 1 is 1.22 bits per heavy atom. The molecule has 1 aromatic heterocycles. The van der Waals surface area contributed by atoms with Crippen LogP contribution in [0.3, 0.4) is 0 Å². The van der Waals surface area contributed by atoms with Gasteiger partial charge in [-0.2, -0.15) is 0 Å². The first kappa shape index (κ1) is 18.9. The van der Waals surface area contributed by atoms with E-state index in [2.05, 4.69) is 10.3 Å². The van der Waals surface area contributed by atoms with Crippen LogP contribution in [0, 0.1) is 5.82 Å². The summed E-state index contributed by atoms with van der Waals surface area (Å²) in [6, 6.07) is 12.3. The SMILES string of the molecule is CC(Oc1ccc(Cl)cc1)C(=O)NC(c1ccccc1F)c1nccn1C. The van der Waals surface area contributed by atoms with Crippen molar-refractivity contribution in [2.45, 2.75) is 19.1 Å². The van der Waals surface area contributed by atoms with Gasteiger partial charge in [0.1, 0.15) is 23.4 Å². The number of carbonyl (C=O) groups is 1. The second-order valence-corrected chi connectivity index (χ2v) is 6.51. The normalized spacial score (nSPS) is 13.0. The number of amides is 1. The van der Waals surface area contributed by atoms with Crippen LogP contribution < -0.4 is 10.1 Å². The molecule has 1 N–H and O–H groups in total. The Balaban J connectivity index is 1.81. The molecule has 140 valence electrons. The van der Waals surface area contributed by atoms with Gasteiger partial charge in [0.2, 0.25) is 0 Å². The molecule has 0 aliphatic carbocycles. The Kier molecular flexibility index (Phi) is 5.76. The Labute approximate surface area is 161 Å². The molecule has 0 spiro atoms. The summed E-state index contributed by atoms with van der Waals surface area (Å²) in [5.41, 5.74) is 0.332. The lowest BCUT2D eigenvalue weighted by atomic mass is 10.0. The van der Waals surface area contributed by atoms with Crippen LogP contribution in [0.2, 0.25) is 5.02 Å². The smallest absolute Gasteiger partial charge is 0.261 e. The first-order valence-electron chi connectivity index (χ1n) is 8.40. The maximum Gasteiger partial charge on any atom is 0.261 e. The van der Waals surface area contributed by atoms with Gasteiger partial charge in [0.05, 0.1) is 0 Å². The molecular formula is C20H19ClFN3O2. The van der Waals surface area contributed by atoms with Crippen LogP contribution in [0.1, 0.15) is 24.4 Å². The molecule has 1 amide bonds. The van der Waals surface area contributed by atoms with Crippen molar-refractivity contribution in [3.8, 4) is 5.75 Å². The van der Waals surface area contributed by atoms with E-state index in [0.29, 0.717) is 22.2 Å². The standard InChI is InChI=1S/C20H19ClFN3O2/c1-13(27-15-9-7-14(21)8-10-15)20(26)24-18(19-23-11-12-25(19)2)16-5-3-4-6-17(16)22/h3-13,18H,1-2H3,(H,24,26). The highest BCUT2D eigenvalue weighted by atomic mass is 35.5. The number of hydrogen-bond donors (Lipinski definition) is 1. The lowest BCUT2D eigenvalue weighted by Gasteiger charge is -2.22. The quantitative estimate of drug-likeness (QED) is 0.698. The van der Waals surface area contributed by atoms with Gasteiger partial charge in [0, 0.05) is 30.0 Å². The molecule has 7 heteroatoms. The fraction of sp³-hybridized carbons (Fsp3) is 0.200. The van der Waals surface area contributed by atoms with Crippen molar-refractivity contribution >= 4 is 17.5 Å². The van der Waals surface area contributed by atoms with Crippen molar-refractivity contribution in [2.24, 2.45) is 7.05 Å². The highest BCUT2D eigenvalue weighted by Gasteiger charge is 2.26. The Bertz CT molecular complexity index is 927. The number of aryl methyl sites for hydroxylation is 1. The third-order valence-electron chi connectivity index (χ3n) is 4.12. The fourth-order valence-electron chi connectivity index (χ4n) is 2.68. The monoisotopic (exact) mass is 387 g/mol. The zero-order chi connectivity index (χ0) is 19.4. The van der Waals surface area contributed by atoms with Gasteiger partial charge in [0.15, 0.2) is 6.10 Å². The van der Waals surface area contributed by atoms with Crippen LogP contribution in [0.5, 0.6) is 5.75 Å². The molecule has 2 atom stereocenters. The minimum Gasteiger partial charge on any atom is -0.481 e. The van der Waals surface area contributed by atoms with Gasteiger partial charge < -0.3 is 14.6 Å². The molecule has 0 aliphatic rings. The Morgan fingerprint density at radius 3 is 2.56 bits per heavy atom. The van der Waals surface area contributed by atoms with Crippen molar-refractivity contribution in [1.82, 2.24) is 14.9 Å². The molecule has 2 aromatic carbocycles. The van der Waals surface area contributed by atoms with Crippen molar-refractivity contribution < 1.29 is 13.9 Å². The lowest BCUT2D eigenvalue weighted by molar-refractivity contribution is -0.127. The van der Waals surface area contributed by atoms with E-state index in [4.69, 9.17) is 16.3 Å². The molecule has 0 fully saturated rings. The number of rotatable bonds is 6. The predicted molar refractivity (Wildman–Crippen MR) is 101 cm³/mol. The summed E-state index contributed by atoms with van der Waals surface area (Å²) >= 11 is 5.85. The number of carbonyl (C=O) groups excluding carboxylic acids is 1. The van der Waals surface area contributed by atoms with E-state index in [9.17, 15) is 9.18 Å². The van der Waals surface area contributed by atoms with Gasteiger partial charge >= 0.3 is 0 Å². The Morgan fingerprint density at radius 2 is 1.93 bits per heavy atom. The molecule has 0 saturated carbocycles. The van der Waals surface area contributed by atoms with Gasteiger partial charge in [-0.05, 0) is 37.3 Å². The van der Waals surface area contributed by atoms with E-state index >= 15 is 0 Å². The lowest BCUT2D eigenvalue weighted by Crippen LogP contribution is -2.40. The van der Waals surface area contributed by atoms with Crippen LogP contribution in [0.25, 0.3) is 0 Å². The van der Waals surface area contributed by atoms with Crippen LogP contribution in [-0.4, -0.2) is 21.6 Å². The molecule has 0 radical (unpaired) electrons. The van der Waals surface area contributed by atoms with Crippen molar-refractivity contribution in [2.75, 3.05) is 0 Å². The van der Waals surface area contributed by atoms with Gasteiger partial charge in [-0.15, -0.1) is 0 Å². The molecule has 27 heavy (non-hydrogen) atoms. The van der Waals surface area contributed by atoms with Crippen molar-refractivity contribution in [1.29, 1.82) is 0 Å². The maximum absolute atomic E-state index is 14.4. The number of ether oxygens (including phenoxy) is 1. The zero-order valence-corrected chi connectivity index (χ0v) is 15.7. The maximum atomic E-state index is 14.4. The largest absolute Gasteiger partial charge is 0.481 e. The van der Waals surface area contributed by atoms with E-state index in [0.717, 1.165) is 0 Å². The molecule has 0 saturated heterocycles. The molecule has 0 bridgehead atoms. The number of benzene rings is 2. The number of halogens is 2. The topological polar surface area (TPSA) is 56.1 Å². The van der Waals surface area contributed by atoms with Crippen molar-refractivity contribution in [3.63, 3.8) is 0 Å². The summed E-state index contributed by atoms with van der Waals surface area (Å²) < 4.78 is 21.8. The van der Waals surface area contributed by atoms with Crippen LogP contribution in [0.4, 0.5) is 4.39 Å². The molecule has 0 aliphatic heterocycles. The molecule has 2 unspecified atom stereocenters. The summed E-state index contributed by atoms with van der Waals surface area (Å²) in [4.78, 5) is 17.0. The average molecular weight is 388 g/mol. The zero-order valence-electron chi connectivity index (χ0n) is 14.9. The second kappa shape index (κ2) is 8.22. The van der Waals surface area contributed by atoms with E-state index in [1.165, 1.54) is 6.07 Å². The number of imidazole rings is 1. The molecule has 3 rings (SSSR count). The number of hydrogen-bond acceptors (Lipinski definition) is 3. The molecule has 5 nitrogen and oxygen atoms in total. The molecule has 1 heterocycles. The van der Waals surface area contributed by atoms with Crippen LogP contribution >= 0.6 is 11.6 Å². The number of nitrogens with one attached hydrogen (secondary N) is 1. The highest BCUT2D eigenvalue weighted by molar-refractivity contribution is 6.30. The average Bonchev–Trinajstić information content (AvgIpc) is 3.08. The first-order valence-corrected chi connectivity index (χ1v) is 8.77. The van der Waals surface area contributed by atoms with E-state index in [1.807, 2.05) is 0 Å². The fourth-order valence-corrected chi connectivity index (χ4v) is 2.80. The summed E-state index contributed by atoms with van der Waals surface area (Å²) in [5.74, 6) is 0.229. The van der Waals surface area contributed by atoms with Crippen molar-refractivity contribution in [3.05, 3.63) is 83.2 Å². The summed E-state index contributed by atoms with van der Waals surface area (Å²) in [5, 5.41) is 3.41. The summed E-state index contributed by atoms with van der Waals surface area (Å²) in [7, 11) is 1.79. The first-order chi connectivity index (χ1) is 13.0. The van der Waals surface area contributed by atoms with E-state index < -0.39 is 18.0 Å². The van der Waals surface area contributed by atoms with Gasteiger partial charge in [0.25, 0.3) is 5.91 Å². The Hall–Kier alpha value is -2.86. The van der Waals surface area contributed by atoms with Crippen LogP contribution in [-0.2, 0) is 11.8 Å².